The minimum Gasteiger partial charge on any atom is -0.299 e. The summed E-state index contributed by atoms with van der Waals surface area (Å²) >= 11 is 0. The van der Waals surface area contributed by atoms with E-state index in [1.54, 1.807) is 0 Å². The van der Waals surface area contributed by atoms with Gasteiger partial charge in [0.25, 0.3) is 0 Å². The van der Waals surface area contributed by atoms with Gasteiger partial charge >= 0.3 is 0 Å². The van der Waals surface area contributed by atoms with Crippen molar-refractivity contribution in [1.29, 1.82) is 0 Å². The van der Waals surface area contributed by atoms with Gasteiger partial charge in [-0.25, -0.2) is 0 Å². The number of likely N-dealkylation sites (tertiary alicyclic amines) is 1. The Morgan fingerprint density at radius 2 is 1.65 bits per heavy atom. The fourth-order valence-corrected chi connectivity index (χ4v) is 2.95. The second kappa shape index (κ2) is 6.30. The third kappa shape index (κ3) is 4.09. The van der Waals surface area contributed by atoms with Gasteiger partial charge in [-0.3, -0.25) is 4.90 Å². The predicted octanol–water partition coefficient (Wildman–Crippen LogP) is 5.09. The van der Waals surface area contributed by atoms with E-state index in [2.05, 4.69) is 57.7 Å². The van der Waals surface area contributed by atoms with E-state index in [-0.39, 0.29) is 5.41 Å². The summed E-state index contributed by atoms with van der Waals surface area (Å²) in [6, 6.07) is 7.26. The van der Waals surface area contributed by atoms with Crippen LogP contribution in [0.25, 0.3) is 0 Å². The van der Waals surface area contributed by atoms with E-state index in [1.165, 1.54) is 49.0 Å². The lowest BCUT2D eigenvalue weighted by Gasteiger charge is -2.28. The maximum Gasteiger partial charge on any atom is 0.0233 e. The van der Waals surface area contributed by atoms with Crippen LogP contribution >= 0.6 is 0 Å². The van der Waals surface area contributed by atoms with Crippen molar-refractivity contribution in [1.82, 2.24) is 4.90 Å². The maximum absolute atomic E-state index is 2.62. The highest BCUT2D eigenvalue weighted by Crippen LogP contribution is 2.28. The average molecular weight is 273 g/mol. The molecule has 0 aliphatic carbocycles. The lowest BCUT2D eigenvalue weighted by Crippen LogP contribution is -2.29. The van der Waals surface area contributed by atoms with Crippen molar-refractivity contribution < 1.29 is 0 Å². The van der Waals surface area contributed by atoms with Crippen molar-refractivity contribution in [2.75, 3.05) is 13.1 Å². The van der Waals surface area contributed by atoms with E-state index in [9.17, 15) is 0 Å². The highest BCUT2D eigenvalue weighted by Gasteiger charge is 2.17. The van der Waals surface area contributed by atoms with E-state index in [1.807, 2.05) is 0 Å². The van der Waals surface area contributed by atoms with Crippen LogP contribution < -0.4 is 0 Å². The smallest absolute Gasteiger partial charge is 0.0233 e. The Labute approximate surface area is 125 Å². The topological polar surface area (TPSA) is 3.24 Å². The molecule has 112 valence electrons. The molecule has 0 unspecified atom stereocenters. The fourth-order valence-electron chi connectivity index (χ4n) is 2.95. The largest absolute Gasteiger partial charge is 0.299 e. The molecular formula is C19H31N. The number of rotatable bonds is 3. The molecule has 1 saturated heterocycles. The van der Waals surface area contributed by atoms with Crippen LogP contribution in [0.3, 0.4) is 0 Å². The fraction of sp³-hybridized carbons (Fsp3) is 0.684. The van der Waals surface area contributed by atoms with Gasteiger partial charge in [0.15, 0.2) is 0 Å². The van der Waals surface area contributed by atoms with E-state index in [0.717, 1.165) is 6.54 Å². The van der Waals surface area contributed by atoms with Crippen LogP contribution in [0.4, 0.5) is 0 Å². The number of piperidine rings is 1. The maximum atomic E-state index is 2.62. The first-order valence-electron chi connectivity index (χ1n) is 8.23. The molecule has 0 amide bonds. The van der Waals surface area contributed by atoms with Gasteiger partial charge in [0.05, 0.1) is 0 Å². The summed E-state index contributed by atoms with van der Waals surface area (Å²) in [7, 11) is 0. The summed E-state index contributed by atoms with van der Waals surface area (Å²) in [4.78, 5) is 2.62. The second-order valence-electron chi connectivity index (χ2n) is 7.70. The Morgan fingerprint density at radius 3 is 2.20 bits per heavy atom. The van der Waals surface area contributed by atoms with Crippen LogP contribution in [-0.4, -0.2) is 18.0 Å². The van der Waals surface area contributed by atoms with E-state index in [0.29, 0.717) is 5.92 Å². The zero-order chi connectivity index (χ0) is 14.8. The number of hydrogen-bond donors (Lipinski definition) is 0. The van der Waals surface area contributed by atoms with Crippen LogP contribution in [0, 0.1) is 0 Å². The standard InChI is InChI=1S/C19H31N/c1-15(2)17-11-16(12-18(13-17)19(3,4)5)14-20-9-7-6-8-10-20/h11-13,15H,6-10,14H2,1-5H3. The number of hydrogen-bond acceptors (Lipinski definition) is 1. The Balaban J connectivity index is 2.24. The van der Waals surface area contributed by atoms with Gasteiger partial charge in [-0.2, -0.15) is 0 Å². The van der Waals surface area contributed by atoms with Crippen molar-refractivity contribution in [2.24, 2.45) is 0 Å². The Morgan fingerprint density at radius 1 is 1.00 bits per heavy atom. The van der Waals surface area contributed by atoms with E-state index < -0.39 is 0 Å². The molecule has 1 heterocycles. The Kier molecular flexibility index (Phi) is 4.90. The van der Waals surface area contributed by atoms with Gasteiger partial charge in [-0.1, -0.05) is 59.2 Å². The zero-order valence-corrected chi connectivity index (χ0v) is 14.0. The Bertz CT molecular complexity index is 434. The van der Waals surface area contributed by atoms with Gasteiger partial charge < -0.3 is 0 Å². The highest BCUT2D eigenvalue weighted by atomic mass is 15.1. The first-order valence-corrected chi connectivity index (χ1v) is 8.23. The van der Waals surface area contributed by atoms with Gasteiger partial charge in [0.2, 0.25) is 0 Å². The van der Waals surface area contributed by atoms with Crippen molar-refractivity contribution in [3.8, 4) is 0 Å². The first-order chi connectivity index (χ1) is 9.36. The molecule has 0 N–H and O–H groups in total. The SMILES string of the molecule is CC(C)c1cc(CN2CCCCC2)cc(C(C)(C)C)c1. The molecule has 1 heteroatoms. The summed E-state index contributed by atoms with van der Waals surface area (Å²) in [5.74, 6) is 0.609. The molecule has 0 bridgehead atoms. The number of benzene rings is 1. The Hall–Kier alpha value is -0.820. The minimum absolute atomic E-state index is 0.238. The molecule has 1 aromatic carbocycles. The van der Waals surface area contributed by atoms with E-state index >= 15 is 0 Å². The van der Waals surface area contributed by atoms with Crippen LogP contribution in [0.5, 0.6) is 0 Å². The molecule has 1 aliphatic rings. The third-order valence-corrected chi connectivity index (χ3v) is 4.40. The molecule has 1 fully saturated rings. The normalized spacial score (nSPS) is 17.7. The van der Waals surface area contributed by atoms with E-state index in [4.69, 9.17) is 0 Å². The van der Waals surface area contributed by atoms with Crippen LogP contribution in [-0.2, 0) is 12.0 Å². The second-order valence-corrected chi connectivity index (χ2v) is 7.70. The monoisotopic (exact) mass is 273 g/mol. The minimum atomic E-state index is 0.238. The molecule has 1 nitrogen and oxygen atoms in total. The van der Waals surface area contributed by atoms with Crippen molar-refractivity contribution in [3.05, 3.63) is 34.9 Å². The summed E-state index contributed by atoms with van der Waals surface area (Å²) < 4.78 is 0. The summed E-state index contributed by atoms with van der Waals surface area (Å²) in [6.45, 7) is 15.2. The molecule has 0 atom stereocenters. The van der Waals surface area contributed by atoms with Crippen LogP contribution in [0.2, 0.25) is 0 Å². The highest BCUT2D eigenvalue weighted by molar-refractivity contribution is 5.35. The molecule has 1 aliphatic heterocycles. The molecule has 0 saturated carbocycles. The van der Waals surface area contributed by atoms with Gasteiger partial charge in [0.1, 0.15) is 0 Å². The number of nitrogens with zero attached hydrogens (tertiary/aromatic N) is 1. The summed E-state index contributed by atoms with van der Waals surface area (Å²) in [5, 5.41) is 0. The molecule has 0 radical (unpaired) electrons. The van der Waals surface area contributed by atoms with Gasteiger partial charge in [0, 0.05) is 6.54 Å². The quantitative estimate of drug-likeness (QED) is 0.741. The molecule has 2 rings (SSSR count). The van der Waals surface area contributed by atoms with Crippen molar-refractivity contribution >= 4 is 0 Å². The van der Waals surface area contributed by atoms with Crippen LogP contribution in [0.1, 0.15) is 76.5 Å². The molecule has 0 spiro atoms. The molecule has 1 aromatic rings. The summed E-state index contributed by atoms with van der Waals surface area (Å²) in [6.07, 6.45) is 4.15. The first kappa shape index (κ1) is 15.6. The molecule has 0 aromatic heterocycles. The third-order valence-electron chi connectivity index (χ3n) is 4.40. The predicted molar refractivity (Wildman–Crippen MR) is 88.4 cm³/mol. The van der Waals surface area contributed by atoms with Crippen molar-refractivity contribution in [2.45, 2.75) is 71.8 Å². The van der Waals surface area contributed by atoms with Gasteiger partial charge in [-0.15, -0.1) is 0 Å². The average Bonchev–Trinajstić information content (AvgIpc) is 2.38. The van der Waals surface area contributed by atoms with Crippen LogP contribution in [0.15, 0.2) is 18.2 Å². The van der Waals surface area contributed by atoms with Gasteiger partial charge in [-0.05, 0) is 54.0 Å². The lowest BCUT2D eigenvalue weighted by molar-refractivity contribution is 0.220. The van der Waals surface area contributed by atoms with Crippen molar-refractivity contribution in [3.63, 3.8) is 0 Å². The lowest BCUT2D eigenvalue weighted by atomic mass is 9.83. The molecule has 20 heavy (non-hydrogen) atoms. The molecular weight excluding hydrogens is 242 g/mol. The summed E-state index contributed by atoms with van der Waals surface area (Å²) in [5.41, 5.74) is 4.71. The zero-order valence-electron chi connectivity index (χ0n) is 14.0.